The average Bonchev–Trinajstić information content (AvgIpc) is 2.56. The predicted octanol–water partition coefficient (Wildman–Crippen LogP) is 2.69. The quantitative estimate of drug-likeness (QED) is 0.853. The van der Waals surface area contributed by atoms with Gasteiger partial charge in [-0.3, -0.25) is 0 Å². The number of ether oxygens (including phenoxy) is 2. The smallest absolute Gasteiger partial charge is 0.317 e. The maximum absolute atomic E-state index is 12.5. The summed E-state index contributed by atoms with van der Waals surface area (Å²) in [4.78, 5) is 14.4. The highest BCUT2D eigenvalue weighted by atomic mass is 16.5. The molecule has 2 heterocycles. The Kier molecular flexibility index (Phi) is 5.24. The number of carbonyl (C=O) groups is 1. The van der Waals surface area contributed by atoms with Gasteiger partial charge in [0, 0.05) is 39.0 Å². The summed E-state index contributed by atoms with van der Waals surface area (Å²) in [6.07, 6.45) is 10.0. The average molecular weight is 310 g/mol. The van der Waals surface area contributed by atoms with Crippen LogP contribution in [0.4, 0.5) is 4.79 Å². The molecule has 0 aromatic carbocycles. The van der Waals surface area contributed by atoms with Crippen LogP contribution >= 0.6 is 0 Å². The van der Waals surface area contributed by atoms with Crippen molar-refractivity contribution in [2.75, 3.05) is 26.9 Å². The van der Waals surface area contributed by atoms with Crippen molar-refractivity contribution in [1.82, 2.24) is 10.2 Å². The van der Waals surface area contributed by atoms with Gasteiger partial charge in [-0.1, -0.05) is 19.3 Å². The molecule has 3 fully saturated rings. The van der Waals surface area contributed by atoms with Crippen LogP contribution in [-0.4, -0.2) is 55.5 Å². The Labute approximate surface area is 133 Å². The summed E-state index contributed by atoms with van der Waals surface area (Å²) in [5.74, 6) is 0. The minimum absolute atomic E-state index is 0.0473. The molecule has 0 bridgehead atoms. The van der Waals surface area contributed by atoms with Gasteiger partial charge in [0.25, 0.3) is 0 Å². The molecule has 0 aromatic heterocycles. The van der Waals surface area contributed by atoms with Crippen LogP contribution in [-0.2, 0) is 9.47 Å². The highest BCUT2D eigenvalue weighted by Gasteiger charge is 2.39. The van der Waals surface area contributed by atoms with Crippen molar-refractivity contribution in [3.8, 4) is 0 Å². The Morgan fingerprint density at radius 1 is 1.09 bits per heavy atom. The van der Waals surface area contributed by atoms with Crippen LogP contribution < -0.4 is 5.32 Å². The number of hydrogen-bond donors (Lipinski definition) is 1. The predicted molar refractivity (Wildman–Crippen MR) is 84.9 cm³/mol. The number of hydrogen-bond acceptors (Lipinski definition) is 3. The lowest BCUT2D eigenvalue weighted by molar-refractivity contribution is -0.108. The van der Waals surface area contributed by atoms with Crippen molar-refractivity contribution in [1.29, 1.82) is 0 Å². The van der Waals surface area contributed by atoms with Crippen LogP contribution in [0.5, 0.6) is 0 Å². The van der Waals surface area contributed by atoms with Gasteiger partial charge in [-0.15, -0.1) is 0 Å². The van der Waals surface area contributed by atoms with Crippen molar-refractivity contribution in [3.05, 3.63) is 0 Å². The van der Waals surface area contributed by atoms with Gasteiger partial charge in [-0.25, -0.2) is 4.79 Å². The summed E-state index contributed by atoms with van der Waals surface area (Å²) < 4.78 is 11.5. The lowest BCUT2D eigenvalue weighted by atomic mass is 9.78. The molecular weight excluding hydrogens is 280 g/mol. The molecule has 0 aromatic rings. The van der Waals surface area contributed by atoms with E-state index in [2.05, 4.69) is 5.32 Å². The van der Waals surface area contributed by atoms with Crippen molar-refractivity contribution < 1.29 is 14.3 Å². The van der Waals surface area contributed by atoms with Crippen molar-refractivity contribution in [2.45, 2.75) is 75.5 Å². The molecule has 5 heteroatoms. The summed E-state index contributed by atoms with van der Waals surface area (Å²) in [6.45, 7) is 2.32. The number of nitrogens with zero attached hydrogens (tertiary/aromatic N) is 1. The maximum atomic E-state index is 12.5. The molecule has 2 saturated heterocycles. The third-order valence-corrected chi connectivity index (χ3v) is 5.64. The molecule has 1 saturated carbocycles. The summed E-state index contributed by atoms with van der Waals surface area (Å²) in [6, 6.07) is 0.656. The highest BCUT2D eigenvalue weighted by molar-refractivity contribution is 5.74. The molecule has 1 N–H and O–H groups in total. The van der Waals surface area contributed by atoms with Crippen LogP contribution in [0.25, 0.3) is 0 Å². The molecule has 1 atom stereocenters. The first-order valence-corrected chi connectivity index (χ1v) is 8.94. The van der Waals surface area contributed by atoms with E-state index in [9.17, 15) is 4.79 Å². The van der Waals surface area contributed by atoms with Crippen molar-refractivity contribution >= 4 is 6.03 Å². The highest BCUT2D eigenvalue weighted by Crippen LogP contribution is 2.38. The summed E-state index contributed by atoms with van der Waals surface area (Å²) in [5, 5.41) is 3.25. The Morgan fingerprint density at radius 2 is 1.82 bits per heavy atom. The van der Waals surface area contributed by atoms with Gasteiger partial charge in [0.1, 0.15) is 0 Å². The summed E-state index contributed by atoms with van der Waals surface area (Å²) in [5.41, 5.74) is 0.0473. The second kappa shape index (κ2) is 7.18. The van der Waals surface area contributed by atoms with E-state index in [1.807, 2.05) is 11.9 Å². The molecule has 0 radical (unpaired) electrons. The third-order valence-electron chi connectivity index (χ3n) is 5.64. The molecule has 3 rings (SSSR count). The molecule has 22 heavy (non-hydrogen) atoms. The molecule has 1 aliphatic carbocycles. The first kappa shape index (κ1) is 16.1. The molecular formula is C17H30N2O3. The fourth-order valence-electron chi connectivity index (χ4n) is 4.21. The molecule has 1 unspecified atom stereocenters. The number of amides is 2. The van der Waals surface area contributed by atoms with Crippen LogP contribution in [0.3, 0.4) is 0 Å². The molecule has 2 amide bonds. The van der Waals surface area contributed by atoms with Gasteiger partial charge < -0.3 is 19.7 Å². The normalized spacial score (nSPS) is 29.2. The number of rotatable bonds is 2. The van der Waals surface area contributed by atoms with E-state index in [4.69, 9.17) is 9.47 Å². The fourth-order valence-corrected chi connectivity index (χ4v) is 4.21. The van der Waals surface area contributed by atoms with Gasteiger partial charge in [0.15, 0.2) is 0 Å². The fraction of sp³-hybridized carbons (Fsp3) is 0.941. The van der Waals surface area contributed by atoms with E-state index in [0.717, 1.165) is 58.3 Å². The van der Waals surface area contributed by atoms with Crippen molar-refractivity contribution in [3.63, 3.8) is 0 Å². The molecule has 3 aliphatic rings. The van der Waals surface area contributed by atoms with E-state index in [1.165, 1.54) is 19.3 Å². The minimum Gasteiger partial charge on any atom is -0.381 e. The van der Waals surface area contributed by atoms with Crippen LogP contribution in [0, 0.1) is 0 Å². The Bertz CT molecular complexity index is 371. The number of urea groups is 1. The molecule has 126 valence electrons. The monoisotopic (exact) mass is 310 g/mol. The van der Waals surface area contributed by atoms with E-state index >= 15 is 0 Å². The second-order valence-corrected chi connectivity index (χ2v) is 7.19. The summed E-state index contributed by atoms with van der Waals surface area (Å²) >= 11 is 0. The molecule has 1 spiro atoms. The van der Waals surface area contributed by atoms with Crippen LogP contribution in [0.1, 0.15) is 57.8 Å². The Morgan fingerprint density at radius 3 is 2.55 bits per heavy atom. The lowest BCUT2D eigenvalue weighted by Gasteiger charge is -2.44. The first-order valence-electron chi connectivity index (χ1n) is 8.94. The zero-order valence-corrected chi connectivity index (χ0v) is 13.8. The van der Waals surface area contributed by atoms with Gasteiger partial charge in [-0.2, -0.15) is 0 Å². The molecule has 2 aliphatic heterocycles. The third kappa shape index (κ3) is 3.74. The van der Waals surface area contributed by atoms with Gasteiger partial charge in [0.2, 0.25) is 0 Å². The Balaban J connectivity index is 1.52. The van der Waals surface area contributed by atoms with E-state index in [1.54, 1.807) is 0 Å². The van der Waals surface area contributed by atoms with Gasteiger partial charge in [0.05, 0.1) is 5.60 Å². The lowest BCUT2D eigenvalue weighted by Crippen LogP contribution is -2.53. The summed E-state index contributed by atoms with van der Waals surface area (Å²) in [7, 11) is 1.92. The standard InChI is InChI=1S/C17H30N2O3/c1-19(15-6-10-21-11-7-15)16(20)18-14-5-12-22-17(13-14)8-3-2-4-9-17/h14-15H,2-13H2,1H3,(H,18,20). The van der Waals surface area contributed by atoms with Gasteiger partial charge >= 0.3 is 6.03 Å². The van der Waals surface area contributed by atoms with Crippen LogP contribution in [0.15, 0.2) is 0 Å². The minimum atomic E-state index is 0.0473. The number of nitrogens with one attached hydrogen (secondary N) is 1. The topological polar surface area (TPSA) is 50.8 Å². The SMILES string of the molecule is CN(C(=O)NC1CCOC2(CCCCC2)C1)C1CCOCC1. The second-order valence-electron chi connectivity index (χ2n) is 7.19. The molecule has 5 nitrogen and oxygen atoms in total. The largest absolute Gasteiger partial charge is 0.381 e. The first-order chi connectivity index (χ1) is 10.7. The van der Waals surface area contributed by atoms with E-state index in [-0.39, 0.29) is 17.7 Å². The van der Waals surface area contributed by atoms with Gasteiger partial charge in [-0.05, 0) is 38.5 Å². The van der Waals surface area contributed by atoms with E-state index < -0.39 is 0 Å². The maximum Gasteiger partial charge on any atom is 0.317 e. The van der Waals surface area contributed by atoms with E-state index in [0.29, 0.717) is 6.04 Å². The van der Waals surface area contributed by atoms with Crippen LogP contribution in [0.2, 0.25) is 0 Å². The zero-order chi connectivity index (χ0) is 15.4. The Hall–Kier alpha value is -0.810. The zero-order valence-electron chi connectivity index (χ0n) is 13.8. The number of carbonyl (C=O) groups excluding carboxylic acids is 1. The van der Waals surface area contributed by atoms with Crippen molar-refractivity contribution in [2.24, 2.45) is 0 Å².